The van der Waals surface area contributed by atoms with Gasteiger partial charge >= 0.3 is 5.69 Å². The molecule has 25 heavy (non-hydrogen) atoms. The average Bonchev–Trinajstić information content (AvgIpc) is 2.82. The Hall–Kier alpha value is -1.85. The van der Waals surface area contributed by atoms with Crippen LogP contribution in [0.4, 0.5) is 0 Å². The number of aromatic nitrogens is 4. The fourth-order valence-corrected chi connectivity index (χ4v) is 3.09. The highest BCUT2D eigenvalue weighted by Gasteiger charge is 2.23. The van der Waals surface area contributed by atoms with E-state index in [1.54, 1.807) is 4.57 Å². The van der Waals surface area contributed by atoms with Gasteiger partial charge in [-0.05, 0) is 24.7 Å². The molecule has 2 aromatic heterocycles. The molecular formula is C19H32N4O2. The number of nitrogens with zero attached hydrogens (tertiary/aromatic N) is 4. The van der Waals surface area contributed by atoms with Crippen molar-refractivity contribution in [2.45, 2.75) is 80.9 Å². The monoisotopic (exact) mass is 348 g/mol. The fourth-order valence-electron chi connectivity index (χ4n) is 3.09. The zero-order valence-corrected chi connectivity index (χ0v) is 16.7. The van der Waals surface area contributed by atoms with E-state index in [1.807, 2.05) is 18.4 Å². The van der Waals surface area contributed by atoms with Crippen LogP contribution in [0.15, 0.2) is 9.59 Å². The Labute approximate surface area is 149 Å². The van der Waals surface area contributed by atoms with Gasteiger partial charge in [0.1, 0.15) is 5.82 Å². The topological polar surface area (TPSA) is 61.8 Å². The molecule has 0 spiro atoms. The van der Waals surface area contributed by atoms with E-state index in [0.29, 0.717) is 36.7 Å². The molecule has 0 fully saturated rings. The first-order valence-corrected chi connectivity index (χ1v) is 9.31. The van der Waals surface area contributed by atoms with Crippen molar-refractivity contribution in [2.24, 2.45) is 11.3 Å². The van der Waals surface area contributed by atoms with Crippen molar-refractivity contribution >= 4 is 11.2 Å². The molecule has 0 amide bonds. The van der Waals surface area contributed by atoms with E-state index in [-0.39, 0.29) is 16.7 Å². The molecule has 0 saturated heterocycles. The highest BCUT2D eigenvalue weighted by atomic mass is 16.2. The van der Waals surface area contributed by atoms with Crippen LogP contribution in [0.2, 0.25) is 0 Å². The van der Waals surface area contributed by atoms with E-state index in [9.17, 15) is 9.59 Å². The lowest BCUT2D eigenvalue weighted by molar-refractivity contribution is 0.344. The fraction of sp³-hybridized carbons (Fsp3) is 0.737. The van der Waals surface area contributed by atoms with Crippen molar-refractivity contribution in [1.29, 1.82) is 0 Å². The minimum atomic E-state index is -0.236. The second-order valence-corrected chi connectivity index (χ2v) is 8.34. The van der Waals surface area contributed by atoms with E-state index in [2.05, 4.69) is 39.6 Å². The molecule has 0 aliphatic rings. The molecule has 0 bridgehead atoms. The van der Waals surface area contributed by atoms with Crippen LogP contribution in [0.1, 0.15) is 60.2 Å². The van der Waals surface area contributed by atoms with Gasteiger partial charge in [-0.3, -0.25) is 13.9 Å². The van der Waals surface area contributed by atoms with Gasteiger partial charge in [0.15, 0.2) is 11.2 Å². The molecule has 2 aromatic rings. The van der Waals surface area contributed by atoms with Gasteiger partial charge in [-0.15, -0.1) is 0 Å². The number of hydrogen-bond donors (Lipinski definition) is 0. The van der Waals surface area contributed by atoms with E-state index in [4.69, 9.17) is 0 Å². The molecular weight excluding hydrogens is 316 g/mol. The third-order valence-corrected chi connectivity index (χ3v) is 4.58. The van der Waals surface area contributed by atoms with Gasteiger partial charge in [0, 0.05) is 19.6 Å². The molecule has 2 heterocycles. The lowest BCUT2D eigenvalue weighted by Crippen LogP contribution is -2.41. The van der Waals surface area contributed by atoms with Crippen molar-refractivity contribution in [3.8, 4) is 0 Å². The predicted octanol–water partition coefficient (Wildman–Crippen LogP) is 3.17. The van der Waals surface area contributed by atoms with Crippen LogP contribution in [0.3, 0.4) is 0 Å². The van der Waals surface area contributed by atoms with Crippen LogP contribution in [-0.4, -0.2) is 18.7 Å². The van der Waals surface area contributed by atoms with Crippen molar-refractivity contribution in [2.75, 3.05) is 0 Å². The van der Waals surface area contributed by atoms with Gasteiger partial charge in [-0.25, -0.2) is 9.78 Å². The third kappa shape index (κ3) is 3.88. The largest absolute Gasteiger partial charge is 0.332 e. The minimum absolute atomic E-state index is 0.0120. The zero-order valence-electron chi connectivity index (χ0n) is 16.7. The molecule has 0 aliphatic carbocycles. The summed E-state index contributed by atoms with van der Waals surface area (Å²) < 4.78 is 5.06. The van der Waals surface area contributed by atoms with Crippen LogP contribution in [-0.2, 0) is 19.6 Å². The molecule has 1 unspecified atom stereocenters. The van der Waals surface area contributed by atoms with Gasteiger partial charge in [-0.1, -0.05) is 48.0 Å². The Morgan fingerprint density at radius 2 is 1.72 bits per heavy atom. The Morgan fingerprint density at radius 3 is 2.24 bits per heavy atom. The first-order valence-electron chi connectivity index (χ1n) is 9.31. The average molecular weight is 348 g/mol. The maximum atomic E-state index is 13.1. The third-order valence-electron chi connectivity index (χ3n) is 4.58. The van der Waals surface area contributed by atoms with Gasteiger partial charge in [0.2, 0.25) is 0 Å². The summed E-state index contributed by atoms with van der Waals surface area (Å²) in [6.45, 7) is 16.2. The standard InChI is InChI=1S/C19H32N4O2/c1-8-10-21-17(24)15-16(22(18(21)25)11-13(3)9-2)20-14(4)23(15)12-19(5,6)7/h13H,8-12H2,1-7H3. The summed E-state index contributed by atoms with van der Waals surface area (Å²) in [6.07, 6.45) is 1.72. The number of aryl methyl sites for hydroxylation is 1. The Morgan fingerprint density at radius 1 is 1.08 bits per heavy atom. The molecule has 0 saturated carbocycles. The first kappa shape index (κ1) is 19.5. The van der Waals surface area contributed by atoms with Crippen molar-refractivity contribution < 1.29 is 0 Å². The molecule has 0 N–H and O–H groups in total. The summed E-state index contributed by atoms with van der Waals surface area (Å²) in [4.78, 5) is 30.6. The minimum Gasteiger partial charge on any atom is -0.322 e. The quantitative estimate of drug-likeness (QED) is 0.805. The molecule has 0 radical (unpaired) electrons. The van der Waals surface area contributed by atoms with Gasteiger partial charge in [0.25, 0.3) is 5.56 Å². The zero-order chi connectivity index (χ0) is 18.9. The van der Waals surface area contributed by atoms with Crippen LogP contribution in [0, 0.1) is 18.3 Å². The molecule has 2 rings (SSSR count). The molecule has 0 aliphatic heterocycles. The van der Waals surface area contributed by atoms with Crippen LogP contribution in [0.25, 0.3) is 11.2 Å². The Balaban J connectivity index is 2.85. The van der Waals surface area contributed by atoms with Crippen LogP contribution < -0.4 is 11.2 Å². The van der Waals surface area contributed by atoms with Crippen LogP contribution in [0.5, 0.6) is 0 Å². The number of imidazole rings is 1. The summed E-state index contributed by atoms with van der Waals surface area (Å²) in [5, 5.41) is 0. The maximum absolute atomic E-state index is 13.1. The maximum Gasteiger partial charge on any atom is 0.332 e. The smallest absolute Gasteiger partial charge is 0.322 e. The molecule has 0 aromatic carbocycles. The summed E-state index contributed by atoms with van der Waals surface area (Å²) in [7, 11) is 0. The molecule has 6 heteroatoms. The second kappa shape index (κ2) is 7.18. The van der Waals surface area contributed by atoms with Crippen LogP contribution >= 0.6 is 0 Å². The van der Waals surface area contributed by atoms with Crippen molar-refractivity contribution in [1.82, 2.24) is 18.7 Å². The summed E-state index contributed by atoms with van der Waals surface area (Å²) in [6, 6.07) is 0. The normalized spacial score (nSPS) is 13.6. The lowest BCUT2D eigenvalue weighted by atomic mass is 9.97. The van der Waals surface area contributed by atoms with E-state index >= 15 is 0 Å². The molecule has 6 nitrogen and oxygen atoms in total. The first-order chi connectivity index (χ1) is 11.6. The summed E-state index contributed by atoms with van der Waals surface area (Å²) >= 11 is 0. The predicted molar refractivity (Wildman–Crippen MR) is 102 cm³/mol. The Kier molecular flexibility index (Phi) is 5.59. The van der Waals surface area contributed by atoms with E-state index in [1.165, 1.54) is 4.57 Å². The van der Waals surface area contributed by atoms with Crippen molar-refractivity contribution in [3.05, 3.63) is 26.7 Å². The van der Waals surface area contributed by atoms with Crippen molar-refractivity contribution in [3.63, 3.8) is 0 Å². The number of rotatable bonds is 6. The summed E-state index contributed by atoms with van der Waals surface area (Å²) in [5.41, 5.74) is 0.651. The van der Waals surface area contributed by atoms with Gasteiger partial charge in [0.05, 0.1) is 0 Å². The molecule has 140 valence electrons. The summed E-state index contributed by atoms with van der Waals surface area (Å²) in [5.74, 6) is 1.13. The highest BCUT2D eigenvalue weighted by molar-refractivity contribution is 5.71. The highest BCUT2D eigenvalue weighted by Crippen LogP contribution is 2.21. The van der Waals surface area contributed by atoms with E-state index < -0.39 is 0 Å². The van der Waals surface area contributed by atoms with E-state index in [0.717, 1.165) is 18.7 Å². The SMILES string of the molecule is CCCn1c(=O)c2c(nc(C)n2CC(C)(C)C)n(CC(C)CC)c1=O. The second-order valence-electron chi connectivity index (χ2n) is 8.34. The Bertz CT molecular complexity index is 865. The lowest BCUT2D eigenvalue weighted by Gasteiger charge is -2.21. The van der Waals surface area contributed by atoms with Gasteiger partial charge < -0.3 is 4.57 Å². The molecule has 1 atom stereocenters. The van der Waals surface area contributed by atoms with Gasteiger partial charge in [-0.2, -0.15) is 0 Å². The number of hydrogen-bond acceptors (Lipinski definition) is 3. The number of fused-ring (bicyclic) bond motifs is 1.